The lowest BCUT2D eigenvalue weighted by atomic mass is 9.79. The normalized spacial score (nSPS) is 26.8. The van der Waals surface area contributed by atoms with Gasteiger partial charge in [0.15, 0.2) is 0 Å². The minimum absolute atomic E-state index is 0.140. The summed E-state index contributed by atoms with van der Waals surface area (Å²) >= 11 is 0. The van der Waals surface area contributed by atoms with Crippen LogP contribution in [0.3, 0.4) is 0 Å². The molecule has 1 N–H and O–H groups in total. The van der Waals surface area contributed by atoms with Crippen LogP contribution < -0.4 is 0 Å². The largest absolute Gasteiger partial charge is 0.396 e. The van der Waals surface area contributed by atoms with Crippen LogP contribution in [0, 0.1) is 5.92 Å². The van der Waals surface area contributed by atoms with Gasteiger partial charge in [-0.15, -0.1) is 0 Å². The van der Waals surface area contributed by atoms with Gasteiger partial charge in [-0.05, 0) is 45.6 Å². The summed E-state index contributed by atoms with van der Waals surface area (Å²) in [4.78, 5) is 2.50. The summed E-state index contributed by atoms with van der Waals surface area (Å²) in [6, 6.07) is 0. The van der Waals surface area contributed by atoms with Gasteiger partial charge in [0.05, 0.1) is 0 Å². The fourth-order valence-corrected chi connectivity index (χ4v) is 2.54. The smallest absolute Gasteiger partial charge is 0.0476 e. The van der Waals surface area contributed by atoms with Gasteiger partial charge in [-0.25, -0.2) is 0 Å². The molecule has 1 aliphatic rings. The summed E-state index contributed by atoms with van der Waals surface area (Å²) in [7, 11) is 1.75. The highest BCUT2D eigenvalue weighted by atomic mass is 16.5. The quantitative estimate of drug-likeness (QED) is 0.706. The molecule has 1 atom stereocenters. The molecule has 3 heteroatoms. The van der Waals surface area contributed by atoms with Crippen molar-refractivity contribution in [1.29, 1.82) is 0 Å². The summed E-state index contributed by atoms with van der Waals surface area (Å²) in [5.41, 5.74) is 0.140. The van der Waals surface area contributed by atoms with Gasteiger partial charge in [-0.2, -0.15) is 0 Å². The van der Waals surface area contributed by atoms with E-state index in [4.69, 9.17) is 4.74 Å². The van der Waals surface area contributed by atoms with Crippen LogP contribution in [0.25, 0.3) is 0 Å². The Balaban J connectivity index is 2.47. The van der Waals surface area contributed by atoms with E-state index in [-0.39, 0.29) is 5.54 Å². The minimum atomic E-state index is 0.140. The molecule has 0 aromatic heterocycles. The third-order valence-electron chi connectivity index (χ3n) is 3.79. The molecule has 1 rings (SSSR count). The Morgan fingerprint density at radius 3 is 2.80 bits per heavy atom. The lowest BCUT2D eigenvalue weighted by Gasteiger charge is -2.47. The van der Waals surface area contributed by atoms with E-state index in [0.717, 1.165) is 32.5 Å². The van der Waals surface area contributed by atoms with Gasteiger partial charge in [0.1, 0.15) is 0 Å². The lowest BCUT2D eigenvalue weighted by Crippen LogP contribution is -2.54. The third kappa shape index (κ3) is 3.16. The number of nitrogens with zero attached hydrogens (tertiary/aromatic N) is 1. The van der Waals surface area contributed by atoms with E-state index in [1.807, 2.05) is 0 Å². The van der Waals surface area contributed by atoms with Crippen LogP contribution in [-0.4, -0.2) is 49.0 Å². The number of piperidine rings is 1. The first kappa shape index (κ1) is 12.9. The number of rotatable bonds is 5. The number of hydrogen-bond donors (Lipinski definition) is 1. The maximum atomic E-state index is 9.36. The van der Waals surface area contributed by atoms with Crippen molar-refractivity contribution in [2.24, 2.45) is 5.92 Å². The number of ether oxygens (including phenoxy) is 1. The topological polar surface area (TPSA) is 32.7 Å². The maximum absolute atomic E-state index is 9.36. The Bertz CT molecular complexity index is 182. The molecule has 1 unspecified atom stereocenters. The average Bonchev–Trinajstić information content (AvgIpc) is 2.20. The second-order valence-electron chi connectivity index (χ2n) is 5.01. The van der Waals surface area contributed by atoms with Crippen LogP contribution in [0.5, 0.6) is 0 Å². The molecule has 1 heterocycles. The predicted molar refractivity (Wildman–Crippen MR) is 62.0 cm³/mol. The standard InChI is InChI=1S/C12H25NO2/c1-12(2)11(10-14)6-4-7-13(12)8-5-9-15-3/h11,14H,4-10H2,1-3H3. The average molecular weight is 215 g/mol. The monoisotopic (exact) mass is 215 g/mol. The molecule has 3 nitrogen and oxygen atoms in total. The maximum Gasteiger partial charge on any atom is 0.0476 e. The highest BCUT2D eigenvalue weighted by Crippen LogP contribution is 2.32. The van der Waals surface area contributed by atoms with E-state index >= 15 is 0 Å². The van der Waals surface area contributed by atoms with E-state index in [9.17, 15) is 5.11 Å². The number of likely N-dealkylation sites (tertiary alicyclic amines) is 1. The zero-order chi connectivity index (χ0) is 11.3. The van der Waals surface area contributed by atoms with Gasteiger partial charge in [-0.1, -0.05) is 0 Å². The van der Waals surface area contributed by atoms with E-state index in [1.165, 1.54) is 6.42 Å². The molecule has 0 bridgehead atoms. The van der Waals surface area contributed by atoms with Crippen molar-refractivity contribution in [2.75, 3.05) is 33.4 Å². The minimum Gasteiger partial charge on any atom is -0.396 e. The molecule has 0 radical (unpaired) electrons. The second kappa shape index (κ2) is 5.83. The van der Waals surface area contributed by atoms with Gasteiger partial charge >= 0.3 is 0 Å². The van der Waals surface area contributed by atoms with Crippen molar-refractivity contribution in [3.8, 4) is 0 Å². The van der Waals surface area contributed by atoms with Crippen LogP contribution in [0.1, 0.15) is 33.1 Å². The fraction of sp³-hybridized carbons (Fsp3) is 1.00. The van der Waals surface area contributed by atoms with Crippen molar-refractivity contribution in [3.05, 3.63) is 0 Å². The fourth-order valence-electron chi connectivity index (χ4n) is 2.54. The van der Waals surface area contributed by atoms with Crippen molar-refractivity contribution >= 4 is 0 Å². The molecule has 1 fully saturated rings. The van der Waals surface area contributed by atoms with E-state index < -0.39 is 0 Å². The first-order chi connectivity index (χ1) is 7.12. The van der Waals surface area contributed by atoms with Gasteiger partial charge < -0.3 is 9.84 Å². The lowest BCUT2D eigenvalue weighted by molar-refractivity contribution is -0.00822. The van der Waals surface area contributed by atoms with Gasteiger partial charge in [0.2, 0.25) is 0 Å². The molecule has 0 amide bonds. The van der Waals surface area contributed by atoms with Crippen molar-refractivity contribution < 1.29 is 9.84 Å². The first-order valence-corrected chi connectivity index (χ1v) is 5.97. The first-order valence-electron chi connectivity index (χ1n) is 5.97. The molecule has 0 aromatic carbocycles. The zero-order valence-electron chi connectivity index (χ0n) is 10.3. The summed E-state index contributed by atoms with van der Waals surface area (Å²) in [5.74, 6) is 0.425. The molecule has 0 saturated carbocycles. The Labute approximate surface area is 93.4 Å². The second-order valence-corrected chi connectivity index (χ2v) is 5.01. The van der Waals surface area contributed by atoms with Crippen LogP contribution in [0.15, 0.2) is 0 Å². The van der Waals surface area contributed by atoms with Crippen molar-refractivity contribution in [1.82, 2.24) is 4.90 Å². The van der Waals surface area contributed by atoms with Gasteiger partial charge in [0, 0.05) is 32.4 Å². The molecule has 0 aromatic rings. The summed E-state index contributed by atoms with van der Waals surface area (Å²) in [6.45, 7) is 7.88. The van der Waals surface area contributed by atoms with Gasteiger partial charge in [-0.3, -0.25) is 4.90 Å². The SMILES string of the molecule is COCCCN1CCCC(CO)C1(C)C. The summed E-state index contributed by atoms with van der Waals surface area (Å²) in [5, 5.41) is 9.36. The molecule has 15 heavy (non-hydrogen) atoms. The van der Waals surface area contributed by atoms with Crippen molar-refractivity contribution in [3.63, 3.8) is 0 Å². The Morgan fingerprint density at radius 1 is 1.47 bits per heavy atom. The molecular formula is C12H25NO2. The highest BCUT2D eigenvalue weighted by molar-refractivity contribution is 4.92. The number of hydrogen-bond acceptors (Lipinski definition) is 3. The third-order valence-corrected chi connectivity index (χ3v) is 3.79. The van der Waals surface area contributed by atoms with Crippen molar-refractivity contribution in [2.45, 2.75) is 38.6 Å². The predicted octanol–water partition coefficient (Wildman–Crippen LogP) is 1.51. The van der Waals surface area contributed by atoms with Crippen LogP contribution in [0.4, 0.5) is 0 Å². The summed E-state index contributed by atoms with van der Waals surface area (Å²) < 4.78 is 5.08. The number of aliphatic hydroxyl groups is 1. The zero-order valence-corrected chi connectivity index (χ0v) is 10.3. The Morgan fingerprint density at radius 2 is 2.20 bits per heavy atom. The molecule has 0 spiro atoms. The van der Waals surface area contributed by atoms with E-state index in [0.29, 0.717) is 12.5 Å². The molecule has 1 aliphatic heterocycles. The molecule has 0 aliphatic carbocycles. The van der Waals surface area contributed by atoms with Gasteiger partial charge in [0.25, 0.3) is 0 Å². The molecular weight excluding hydrogens is 190 g/mol. The highest BCUT2D eigenvalue weighted by Gasteiger charge is 2.37. The molecule has 90 valence electrons. The number of aliphatic hydroxyl groups excluding tert-OH is 1. The van der Waals surface area contributed by atoms with E-state index in [2.05, 4.69) is 18.7 Å². The summed E-state index contributed by atoms with van der Waals surface area (Å²) in [6.07, 6.45) is 3.45. The van der Waals surface area contributed by atoms with E-state index in [1.54, 1.807) is 7.11 Å². The van der Waals surface area contributed by atoms with Crippen LogP contribution >= 0.6 is 0 Å². The Kier molecular flexibility index (Phi) is 5.03. The Hall–Kier alpha value is -0.120. The van der Waals surface area contributed by atoms with Crippen LogP contribution in [-0.2, 0) is 4.74 Å². The number of methoxy groups -OCH3 is 1. The molecule has 1 saturated heterocycles. The van der Waals surface area contributed by atoms with Crippen LogP contribution in [0.2, 0.25) is 0 Å².